The summed E-state index contributed by atoms with van der Waals surface area (Å²) in [4.78, 5) is 14.7. The number of hydrogen-bond donors (Lipinski definition) is 1. The Morgan fingerprint density at radius 3 is 2.85 bits per heavy atom. The van der Waals surface area contributed by atoms with E-state index >= 15 is 0 Å². The summed E-state index contributed by atoms with van der Waals surface area (Å²) < 4.78 is 2.18. The summed E-state index contributed by atoms with van der Waals surface area (Å²) in [5.41, 5.74) is 2.09. The van der Waals surface area contributed by atoms with Gasteiger partial charge in [-0.05, 0) is 25.5 Å². The summed E-state index contributed by atoms with van der Waals surface area (Å²) in [6.07, 6.45) is 4.05. The van der Waals surface area contributed by atoms with Crippen LogP contribution in [0.3, 0.4) is 0 Å². The Hall–Kier alpha value is -2.37. The fourth-order valence-corrected chi connectivity index (χ4v) is 2.62. The molecule has 1 atom stereocenters. The van der Waals surface area contributed by atoms with Crippen LogP contribution in [0.15, 0.2) is 30.5 Å². The molecule has 1 aliphatic rings. The first-order chi connectivity index (χ1) is 9.61. The zero-order chi connectivity index (χ0) is 14.1. The molecule has 0 aliphatic carbocycles. The summed E-state index contributed by atoms with van der Waals surface area (Å²) in [5, 5.41) is 14.0. The van der Waals surface area contributed by atoms with Crippen molar-refractivity contribution in [3.63, 3.8) is 0 Å². The molecule has 20 heavy (non-hydrogen) atoms. The number of hydrogen-bond acceptors (Lipinski definition) is 4. The third-order valence-electron chi connectivity index (χ3n) is 3.56. The van der Waals surface area contributed by atoms with Gasteiger partial charge in [0.1, 0.15) is 5.82 Å². The van der Waals surface area contributed by atoms with E-state index in [1.807, 2.05) is 6.92 Å². The van der Waals surface area contributed by atoms with E-state index in [1.54, 1.807) is 12.1 Å². The van der Waals surface area contributed by atoms with Crippen LogP contribution in [0.2, 0.25) is 0 Å². The number of imidazole rings is 1. The lowest BCUT2D eigenvalue weighted by Gasteiger charge is -2.25. The van der Waals surface area contributed by atoms with Crippen LogP contribution >= 0.6 is 0 Å². The molecule has 2 heterocycles. The molecule has 0 saturated carbocycles. The predicted molar refractivity (Wildman–Crippen MR) is 75.8 cm³/mol. The number of non-ortho nitro benzene ring substituents is 1. The number of nitro benzene ring substituents is 1. The van der Waals surface area contributed by atoms with E-state index in [1.165, 1.54) is 12.1 Å². The normalized spacial score (nSPS) is 17.6. The van der Waals surface area contributed by atoms with Gasteiger partial charge in [0.05, 0.1) is 10.6 Å². The van der Waals surface area contributed by atoms with Crippen molar-refractivity contribution >= 4 is 11.4 Å². The molecule has 0 radical (unpaired) electrons. The number of fused-ring (bicyclic) bond motifs is 1. The van der Waals surface area contributed by atoms with Gasteiger partial charge in [-0.3, -0.25) is 10.1 Å². The summed E-state index contributed by atoms with van der Waals surface area (Å²) in [6.45, 7) is 2.89. The molecule has 3 rings (SSSR count). The summed E-state index contributed by atoms with van der Waals surface area (Å²) in [7, 11) is 0. The zero-order valence-corrected chi connectivity index (χ0v) is 11.2. The van der Waals surface area contributed by atoms with E-state index in [2.05, 4.69) is 21.1 Å². The number of rotatable bonds is 3. The molecule has 0 saturated heterocycles. The van der Waals surface area contributed by atoms with Crippen LogP contribution in [-0.2, 0) is 13.0 Å². The van der Waals surface area contributed by atoms with Gasteiger partial charge in [-0.2, -0.15) is 0 Å². The van der Waals surface area contributed by atoms with Crippen molar-refractivity contribution < 1.29 is 4.92 Å². The van der Waals surface area contributed by atoms with Crippen LogP contribution in [0.4, 0.5) is 11.4 Å². The topological polar surface area (TPSA) is 73.0 Å². The largest absolute Gasteiger partial charge is 0.380 e. The third kappa shape index (κ3) is 2.49. The van der Waals surface area contributed by atoms with Gasteiger partial charge < -0.3 is 9.88 Å². The second-order valence-corrected chi connectivity index (χ2v) is 5.13. The number of nitrogens with zero attached hydrogens (tertiary/aromatic N) is 3. The first-order valence-corrected chi connectivity index (χ1v) is 6.65. The average molecular weight is 272 g/mol. The molecule has 1 N–H and O–H groups in total. The molecule has 0 fully saturated rings. The fraction of sp³-hybridized carbons (Fsp3) is 0.357. The highest BCUT2D eigenvalue weighted by Gasteiger charge is 2.19. The molecule has 1 aromatic carbocycles. The molecule has 2 aromatic rings. The number of aromatic nitrogens is 2. The number of aryl methyl sites for hydroxylation is 2. The van der Waals surface area contributed by atoms with Gasteiger partial charge >= 0.3 is 0 Å². The van der Waals surface area contributed by atoms with Gasteiger partial charge in [0, 0.05) is 43.0 Å². The first kappa shape index (κ1) is 12.7. The van der Waals surface area contributed by atoms with E-state index in [-0.39, 0.29) is 10.6 Å². The molecule has 0 amide bonds. The second kappa shape index (κ2) is 4.96. The van der Waals surface area contributed by atoms with Crippen LogP contribution in [0.5, 0.6) is 0 Å². The second-order valence-electron chi connectivity index (χ2n) is 5.13. The average Bonchev–Trinajstić information content (AvgIpc) is 2.78. The van der Waals surface area contributed by atoms with E-state index in [0.29, 0.717) is 6.04 Å². The molecule has 1 unspecified atom stereocenters. The van der Waals surface area contributed by atoms with Crippen LogP contribution in [0, 0.1) is 17.0 Å². The number of anilines is 1. The fourth-order valence-electron chi connectivity index (χ4n) is 2.62. The van der Waals surface area contributed by atoms with Gasteiger partial charge in [0.2, 0.25) is 0 Å². The highest BCUT2D eigenvalue weighted by molar-refractivity contribution is 5.49. The Bertz CT molecular complexity index is 633. The number of benzene rings is 1. The molecule has 104 valence electrons. The molecule has 6 nitrogen and oxygen atoms in total. The van der Waals surface area contributed by atoms with Crippen LogP contribution in [0.25, 0.3) is 0 Å². The monoisotopic (exact) mass is 272 g/mol. The minimum Gasteiger partial charge on any atom is -0.380 e. The maximum absolute atomic E-state index is 10.6. The SMILES string of the molecule is Cc1cn2c(n1)CCC(Nc1ccc([N+](=O)[O-])cc1)C2. The van der Waals surface area contributed by atoms with Crippen molar-refractivity contribution in [3.8, 4) is 0 Å². The maximum atomic E-state index is 10.6. The zero-order valence-electron chi connectivity index (χ0n) is 11.2. The number of nitrogens with one attached hydrogen (secondary N) is 1. The van der Waals surface area contributed by atoms with Crippen molar-refractivity contribution in [1.29, 1.82) is 0 Å². The van der Waals surface area contributed by atoms with E-state index in [0.717, 1.165) is 36.6 Å². The van der Waals surface area contributed by atoms with Crippen molar-refractivity contribution in [2.45, 2.75) is 32.4 Å². The van der Waals surface area contributed by atoms with Crippen LogP contribution in [0.1, 0.15) is 17.9 Å². The van der Waals surface area contributed by atoms with Crippen molar-refractivity contribution in [3.05, 3.63) is 52.1 Å². The molecule has 0 bridgehead atoms. The van der Waals surface area contributed by atoms with Gasteiger partial charge in [0.25, 0.3) is 5.69 Å². The Morgan fingerprint density at radius 2 is 2.15 bits per heavy atom. The maximum Gasteiger partial charge on any atom is 0.269 e. The van der Waals surface area contributed by atoms with Crippen LogP contribution in [-0.4, -0.2) is 20.5 Å². The minimum absolute atomic E-state index is 0.117. The first-order valence-electron chi connectivity index (χ1n) is 6.65. The van der Waals surface area contributed by atoms with Crippen LogP contribution < -0.4 is 5.32 Å². The molecule has 0 spiro atoms. The number of nitro groups is 1. The van der Waals surface area contributed by atoms with Crippen molar-refractivity contribution in [2.75, 3.05) is 5.32 Å². The standard InChI is InChI=1S/C14H16N4O2/c1-10-8-17-9-12(4-7-14(17)15-10)16-11-2-5-13(6-3-11)18(19)20/h2-3,5-6,8,12,16H,4,7,9H2,1H3. The van der Waals surface area contributed by atoms with Gasteiger partial charge in [-0.15, -0.1) is 0 Å². The third-order valence-corrected chi connectivity index (χ3v) is 3.56. The van der Waals surface area contributed by atoms with E-state index in [9.17, 15) is 10.1 Å². The van der Waals surface area contributed by atoms with Crippen molar-refractivity contribution in [1.82, 2.24) is 9.55 Å². The molecular formula is C14H16N4O2. The van der Waals surface area contributed by atoms with Gasteiger partial charge in [0.15, 0.2) is 0 Å². The van der Waals surface area contributed by atoms with E-state index < -0.39 is 0 Å². The Balaban J connectivity index is 1.68. The quantitative estimate of drug-likeness (QED) is 0.688. The molecule has 1 aromatic heterocycles. The predicted octanol–water partition coefficient (Wildman–Crippen LogP) is 2.53. The summed E-state index contributed by atoms with van der Waals surface area (Å²) in [5.74, 6) is 1.14. The Labute approximate surface area is 116 Å². The van der Waals surface area contributed by atoms with E-state index in [4.69, 9.17) is 0 Å². The Kier molecular flexibility index (Phi) is 3.14. The lowest BCUT2D eigenvalue weighted by molar-refractivity contribution is -0.384. The summed E-state index contributed by atoms with van der Waals surface area (Å²) >= 11 is 0. The van der Waals surface area contributed by atoms with Gasteiger partial charge in [-0.1, -0.05) is 0 Å². The lowest BCUT2D eigenvalue weighted by Crippen LogP contribution is -2.31. The minimum atomic E-state index is -0.384. The molecule has 1 aliphatic heterocycles. The molecule has 6 heteroatoms. The summed E-state index contributed by atoms with van der Waals surface area (Å²) in [6, 6.07) is 6.90. The smallest absolute Gasteiger partial charge is 0.269 e. The highest BCUT2D eigenvalue weighted by atomic mass is 16.6. The molecular weight excluding hydrogens is 256 g/mol. The van der Waals surface area contributed by atoms with Gasteiger partial charge in [-0.25, -0.2) is 4.98 Å². The Morgan fingerprint density at radius 1 is 1.40 bits per heavy atom. The lowest BCUT2D eigenvalue weighted by atomic mass is 10.1. The van der Waals surface area contributed by atoms with Crippen molar-refractivity contribution in [2.24, 2.45) is 0 Å². The highest BCUT2D eigenvalue weighted by Crippen LogP contribution is 2.21.